The van der Waals surface area contributed by atoms with Crippen LogP contribution < -0.4 is 5.73 Å². The normalized spacial score (nSPS) is 16.4. The molecular formula is C18H22N2O. The van der Waals surface area contributed by atoms with Gasteiger partial charge < -0.3 is 10.8 Å². The Bertz CT molecular complexity index is 639. The third kappa shape index (κ3) is 2.61. The summed E-state index contributed by atoms with van der Waals surface area (Å²) in [6.45, 7) is 4.03. The van der Waals surface area contributed by atoms with E-state index in [1.165, 1.54) is 11.1 Å². The summed E-state index contributed by atoms with van der Waals surface area (Å²) in [4.78, 5) is 2.42. The van der Waals surface area contributed by atoms with Crippen molar-refractivity contribution in [3.8, 4) is 5.75 Å². The maximum absolute atomic E-state index is 10.1. The van der Waals surface area contributed by atoms with Gasteiger partial charge in [0.15, 0.2) is 0 Å². The van der Waals surface area contributed by atoms with Crippen molar-refractivity contribution in [3.63, 3.8) is 0 Å². The minimum absolute atomic E-state index is 0.235. The minimum Gasteiger partial charge on any atom is -0.508 e. The zero-order valence-corrected chi connectivity index (χ0v) is 12.4. The Morgan fingerprint density at radius 2 is 2.00 bits per heavy atom. The lowest BCUT2D eigenvalue weighted by Gasteiger charge is -2.36. The molecular weight excluding hydrogens is 260 g/mol. The molecule has 1 atom stereocenters. The predicted molar refractivity (Wildman–Crippen MR) is 86.1 cm³/mol. The summed E-state index contributed by atoms with van der Waals surface area (Å²) in [6, 6.07) is 14.1. The van der Waals surface area contributed by atoms with Gasteiger partial charge in [-0.25, -0.2) is 0 Å². The number of benzene rings is 2. The van der Waals surface area contributed by atoms with Gasteiger partial charge in [-0.15, -0.1) is 0 Å². The first-order valence-electron chi connectivity index (χ1n) is 7.59. The molecule has 0 spiro atoms. The van der Waals surface area contributed by atoms with Crippen LogP contribution >= 0.6 is 0 Å². The van der Waals surface area contributed by atoms with Gasteiger partial charge in [-0.05, 0) is 36.1 Å². The fraction of sp³-hybridized carbons (Fsp3) is 0.333. The number of nitrogens with two attached hydrogens (primary N) is 1. The molecule has 0 saturated carbocycles. The van der Waals surface area contributed by atoms with Crippen LogP contribution in [0.15, 0.2) is 42.5 Å². The fourth-order valence-corrected chi connectivity index (χ4v) is 3.34. The maximum Gasteiger partial charge on any atom is 0.120 e. The van der Waals surface area contributed by atoms with Gasteiger partial charge in [0.1, 0.15) is 5.75 Å². The number of hydrogen-bond acceptors (Lipinski definition) is 3. The number of para-hydroxylation sites is 1. The van der Waals surface area contributed by atoms with Crippen LogP contribution in [0.2, 0.25) is 0 Å². The lowest BCUT2D eigenvalue weighted by molar-refractivity contribution is 0.172. The number of aromatic hydroxyl groups is 1. The van der Waals surface area contributed by atoms with Crippen LogP contribution in [0.25, 0.3) is 0 Å². The lowest BCUT2D eigenvalue weighted by Crippen LogP contribution is -2.34. The Morgan fingerprint density at radius 1 is 1.19 bits per heavy atom. The topological polar surface area (TPSA) is 49.5 Å². The first-order chi connectivity index (χ1) is 10.2. The van der Waals surface area contributed by atoms with Gasteiger partial charge in [0, 0.05) is 30.4 Å². The molecule has 0 fully saturated rings. The molecule has 1 aliphatic rings. The summed E-state index contributed by atoms with van der Waals surface area (Å²) in [5, 5.41) is 10.1. The van der Waals surface area contributed by atoms with E-state index in [-0.39, 0.29) is 6.04 Å². The smallest absolute Gasteiger partial charge is 0.120 e. The predicted octanol–water partition coefficient (Wildman–Crippen LogP) is 3.48. The van der Waals surface area contributed by atoms with Gasteiger partial charge in [-0.3, -0.25) is 4.90 Å². The SMILES string of the molecule is CCC(c1ccccc1O)N1CCc2cccc(N)c2C1. The molecule has 1 unspecified atom stereocenters. The van der Waals surface area contributed by atoms with Crippen LogP contribution in [0.4, 0.5) is 5.69 Å². The largest absolute Gasteiger partial charge is 0.508 e. The number of fused-ring (bicyclic) bond motifs is 1. The molecule has 0 saturated heterocycles. The standard InChI is InChI=1S/C18H22N2O/c1-2-17(14-7-3-4-9-18(14)21)20-11-10-13-6-5-8-16(19)15(13)12-20/h3-9,17,21H,2,10-12,19H2,1H3. The van der Waals surface area contributed by atoms with Gasteiger partial charge >= 0.3 is 0 Å². The van der Waals surface area contributed by atoms with Crippen LogP contribution in [0.3, 0.4) is 0 Å². The Balaban J connectivity index is 1.90. The second-order valence-corrected chi connectivity index (χ2v) is 5.69. The van der Waals surface area contributed by atoms with Crippen LogP contribution in [0.1, 0.15) is 36.1 Å². The average Bonchev–Trinajstić information content (AvgIpc) is 2.51. The molecule has 0 aliphatic carbocycles. The quantitative estimate of drug-likeness (QED) is 0.847. The number of phenolic OH excluding ortho intramolecular Hbond substituents is 1. The van der Waals surface area contributed by atoms with Gasteiger partial charge in [0.05, 0.1) is 0 Å². The monoisotopic (exact) mass is 282 g/mol. The average molecular weight is 282 g/mol. The molecule has 2 aromatic rings. The van der Waals surface area contributed by atoms with E-state index in [4.69, 9.17) is 5.73 Å². The number of rotatable bonds is 3. The molecule has 3 heteroatoms. The lowest BCUT2D eigenvalue weighted by atomic mass is 9.94. The van der Waals surface area contributed by atoms with Crippen molar-refractivity contribution in [3.05, 3.63) is 59.2 Å². The van der Waals surface area contributed by atoms with Gasteiger partial charge in [0.2, 0.25) is 0 Å². The highest BCUT2D eigenvalue weighted by Crippen LogP contribution is 2.35. The van der Waals surface area contributed by atoms with Crippen LogP contribution in [-0.2, 0) is 13.0 Å². The van der Waals surface area contributed by atoms with E-state index in [0.29, 0.717) is 5.75 Å². The van der Waals surface area contributed by atoms with Crippen molar-refractivity contribution in [2.24, 2.45) is 0 Å². The third-order valence-corrected chi connectivity index (χ3v) is 4.46. The summed E-state index contributed by atoms with van der Waals surface area (Å²) in [5.74, 6) is 0.385. The van der Waals surface area contributed by atoms with Crippen LogP contribution in [0.5, 0.6) is 5.75 Å². The Hall–Kier alpha value is -2.00. The highest BCUT2D eigenvalue weighted by Gasteiger charge is 2.26. The molecule has 0 aromatic heterocycles. The summed E-state index contributed by atoms with van der Waals surface area (Å²) < 4.78 is 0. The summed E-state index contributed by atoms with van der Waals surface area (Å²) in [5.41, 5.74) is 10.6. The van der Waals surface area contributed by atoms with E-state index in [1.54, 1.807) is 6.07 Å². The number of nitrogens with zero attached hydrogens (tertiary/aromatic N) is 1. The summed E-state index contributed by atoms with van der Waals surface area (Å²) >= 11 is 0. The Labute approximate surface area is 126 Å². The number of anilines is 1. The van der Waals surface area contributed by atoms with E-state index in [1.807, 2.05) is 30.3 Å². The van der Waals surface area contributed by atoms with Crippen LogP contribution in [0, 0.1) is 0 Å². The molecule has 0 amide bonds. The molecule has 1 heterocycles. The molecule has 1 aliphatic heterocycles. The third-order valence-electron chi connectivity index (χ3n) is 4.46. The van der Waals surface area contributed by atoms with Crippen molar-refractivity contribution >= 4 is 5.69 Å². The molecule has 3 nitrogen and oxygen atoms in total. The van der Waals surface area contributed by atoms with Gasteiger partial charge in [-0.2, -0.15) is 0 Å². The Kier molecular flexibility index (Phi) is 3.84. The fourth-order valence-electron chi connectivity index (χ4n) is 3.34. The van der Waals surface area contributed by atoms with E-state index < -0.39 is 0 Å². The highest BCUT2D eigenvalue weighted by atomic mass is 16.3. The van der Waals surface area contributed by atoms with Crippen molar-refractivity contribution in [1.29, 1.82) is 0 Å². The first-order valence-corrected chi connectivity index (χ1v) is 7.59. The van der Waals surface area contributed by atoms with Crippen molar-refractivity contribution in [2.75, 3.05) is 12.3 Å². The van der Waals surface area contributed by atoms with Crippen molar-refractivity contribution in [2.45, 2.75) is 32.4 Å². The molecule has 0 radical (unpaired) electrons. The zero-order valence-electron chi connectivity index (χ0n) is 12.4. The molecule has 3 rings (SSSR count). The number of phenols is 1. The van der Waals surface area contributed by atoms with Gasteiger partial charge in [-0.1, -0.05) is 37.3 Å². The molecule has 21 heavy (non-hydrogen) atoms. The number of nitrogen functional groups attached to an aromatic ring is 1. The van der Waals surface area contributed by atoms with E-state index >= 15 is 0 Å². The second kappa shape index (κ2) is 5.78. The molecule has 0 bridgehead atoms. The minimum atomic E-state index is 0.235. The highest BCUT2D eigenvalue weighted by molar-refractivity contribution is 5.52. The summed E-state index contributed by atoms with van der Waals surface area (Å²) in [7, 11) is 0. The van der Waals surface area contributed by atoms with E-state index in [0.717, 1.165) is 37.2 Å². The van der Waals surface area contributed by atoms with E-state index in [2.05, 4.69) is 17.9 Å². The van der Waals surface area contributed by atoms with Crippen molar-refractivity contribution in [1.82, 2.24) is 4.90 Å². The van der Waals surface area contributed by atoms with Gasteiger partial charge in [0.25, 0.3) is 0 Å². The van der Waals surface area contributed by atoms with E-state index in [9.17, 15) is 5.11 Å². The Morgan fingerprint density at radius 3 is 2.76 bits per heavy atom. The molecule has 3 N–H and O–H groups in total. The second-order valence-electron chi connectivity index (χ2n) is 5.69. The zero-order chi connectivity index (χ0) is 14.8. The summed E-state index contributed by atoms with van der Waals surface area (Å²) in [6.07, 6.45) is 1.99. The number of hydrogen-bond donors (Lipinski definition) is 2. The molecule has 2 aromatic carbocycles. The first kappa shape index (κ1) is 14.0. The van der Waals surface area contributed by atoms with Crippen LogP contribution in [-0.4, -0.2) is 16.6 Å². The van der Waals surface area contributed by atoms with Crippen molar-refractivity contribution < 1.29 is 5.11 Å². The maximum atomic E-state index is 10.1. The molecule has 110 valence electrons.